The van der Waals surface area contributed by atoms with Crippen molar-refractivity contribution in [2.45, 2.75) is 6.92 Å². The van der Waals surface area contributed by atoms with Crippen molar-refractivity contribution in [3.63, 3.8) is 0 Å². The first-order valence-electron chi connectivity index (χ1n) is 7.04. The number of hydrogen-bond acceptors (Lipinski definition) is 3. The second-order valence-corrected chi connectivity index (χ2v) is 5.23. The third kappa shape index (κ3) is 2.83. The van der Waals surface area contributed by atoms with Gasteiger partial charge >= 0.3 is 0 Å². The first kappa shape index (κ1) is 14.5. The van der Waals surface area contributed by atoms with Crippen molar-refractivity contribution in [1.29, 1.82) is 5.26 Å². The van der Waals surface area contributed by atoms with Gasteiger partial charge in [0.15, 0.2) is 0 Å². The molecule has 0 atom stereocenters. The molecule has 0 fully saturated rings. The Hall–Kier alpha value is -3.39. The van der Waals surface area contributed by atoms with Crippen molar-refractivity contribution in [2.75, 3.05) is 5.32 Å². The van der Waals surface area contributed by atoms with Crippen LogP contribution in [0, 0.1) is 18.3 Å². The number of hydrogen-bond donors (Lipinski definition) is 2. The Kier molecular flexibility index (Phi) is 3.65. The Morgan fingerprint density at radius 3 is 2.91 bits per heavy atom. The highest BCUT2D eigenvalue weighted by Gasteiger charge is 2.11. The second kappa shape index (κ2) is 5.78. The van der Waals surface area contributed by atoms with E-state index in [1.165, 1.54) is 6.08 Å². The normalized spacial score (nSPS) is 10.3. The highest BCUT2D eigenvalue weighted by atomic mass is 16.1. The number of benzene rings is 2. The van der Waals surface area contributed by atoms with Crippen molar-refractivity contribution in [3.8, 4) is 17.3 Å². The van der Waals surface area contributed by atoms with Crippen LogP contribution in [0.5, 0.6) is 0 Å². The standard InChI is InChI=1S/C18H14N4O/c1-3-17(23)20-14-8-12(10-19)7-13(9-14)18-15-5-4-11(2)6-16(15)21-22-18/h3-9H,1H2,2H3,(H,20,23)(H,21,22). The van der Waals surface area contributed by atoms with Crippen molar-refractivity contribution >= 4 is 22.5 Å². The van der Waals surface area contributed by atoms with E-state index in [1.807, 2.05) is 25.1 Å². The molecule has 0 radical (unpaired) electrons. The van der Waals surface area contributed by atoms with Gasteiger partial charge in [0.25, 0.3) is 0 Å². The molecule has 23 heavy (non-hydrogen) atoms. The van der Waals surface area contributed by atoms with Crippen molar-refractivity contribution in [1.82, 2.24) is 10.2 Å². The number of aromatic nitrogens is 2. The SMILES string of the molecule is C=CC(=O)Nc1cc(C#N)cc(-c2n[nH]c3cc(C)ccc23)c1. The monoisotopic (exact) mass is 302 g/mol. The molecule has 3 rings (SSSR count). The van der Waals surface area contributed by atoms with Gasteiger partial charge < -0.3 is 5.32 Å². The second-order valence-electron chi connectivity index (χ2n) is 5.23. The zero-order chi connectivity index (χ0) is 16.4. The van der Waals surface area contributed by atoms with E-state index in [4.69, 9.17) is 0 Å². The number of aryl methyl sites for hydroxylation is 1. The summed E-state index contributed by atoms with van der Waals surface area (Å²) in [7, 11) is 0. The molecule has 5 heteroatoms. The average Bonchev–Trinajstić information content (AvgIpc) is 2.97. The molecule has 0 saturated heterocycles. The van der Waals surface area contributed by atoms with Gasteiger partial charge in [-0.3, -0.25) is 9.89 Å². The van der Waals surface area contributed by atoms with Gasteiger partial charge in [-0.05, 0) is 42.8 Å². The van der Waals surface area contributed by atoms with E-state index in [1.54, 1.807) is 18.2 Å². The fraction of sp³-hybridized carbons (Fsp3) is 0.0556. The van der Waals surface area contributed by atoms with Crippen molar-refractivity contribution in [3.05, 3.63) is 60.2 Å². The minimum Gasteiger partial charge on any atom is -0.322 e. The summed E-state index contributed by atoms with van der Waals surface area (Å²) in [5.41, 5.74) is 4.55. The predicted molar refractivity (Wildman–Crippen MR) is 89.8 cm³/mol. The number of nitriles is 1. The Bertz CT molecular complexity index is 963. The first-order chi connectivity index (χ1) is 11.1. The number of amides is 1. The van der Waals surface area contributed by atoms with E-state index in [-0.39, 0.29) is 5.91 Å². The smallest absolute Gasteiger partial charge is 0.247 e. The third-order valence-corrected chi connectivity index (χ3v) is 3.51. The largest absolute Gasteiger partial charge is 0.322 e. The highest BCUT2D eigenvalue weighted by Crippen LogP contribution is 2.29. The van der Waals surface area contributed by atoms with E-state index in [2.05, 4.69) is 28.2 Å². The van der Waals surface area contributed by atoms with Crippen LogP contribution in [-0.4, -0.2) is 16.1 Å². The number of aromatic amines is 1. The molecule has 5 nitrogen and oxygen atoms in total. The van der Waals surface area contributed by atoms with Gasteiger partial charge in [-0.2, -0.15) is 10.4 Å². The maximum Gasteiger partial charge on any atom is 0.247 e. The van der Waals surface area contributed by atoms with Crippen LogP contribution < -0.4 is 5.32 Å². The highest BCUT2D eigenvalue weighted by molar-refractivity contribution is 6.00. The van der Waals surface area contributed by atoms with Gasteiger partial charge in [0.2, 0.25) is 5.91 Å². The summed E-state index contributed by atoms with van der Waals surface area (Å²) < 4.78 is 0. The van der Waals surface area contributed by atoms with Gasteiger partial charge in [0, 0.05) is 16.6 Å². The van der Waals surface area contributed by atoms with Crippen molar-refractivity contribution < 1.29 is 4.79 Å². The van der Waals surface area contributed by atoms with Gasteiger partial charge in [-0.25, -0.2) is 0 Å². The van der Waals surface area contributed by atoms with Gasteiger partial charge in [0.1, 0.15) is 5.69 Å². The molecule has 3 aromatic rings. The molecular weight excluding hydrogens is 288 g/mol. The molecule has 112 valence electrons. The molecule has 0 aliphatic heterocycles. The molecule has 1 aromatic heterocycles. The summed E-state index contributed by atoms with van der Waals surface area (Å²) in [5, 5.41) is 20.2. The van der Waals surface area contributed by atoms with E-state index >= 15 is 0 Å². The van der Waals surface area contributed by atoms with Crippen LogP contribution in [0.25, 0.3) is 22.2 Å². The van der Waals surface area contributed by atoms with Crippen LogP contribution >= 0.6 is 0 Å². The number of carbonyl (C=O) groups excluding carboxylic acids is 1. The molecule has 0 aliphatic rings. The topological polar surface area (TPSA) is 81.6 Å². The zero-order valence-electron chi connectivity index (χ0n) is 12.6. The minimum atomic E-state index is -0.325. The number of nitrogens with one attached hydrogen (secondary N) is 2. The Morgan fingerprint density at radius 2 is 2.17 bits per heavy atom. The fourth-order valence-corrected chi connectivity index (χ4v) is 2.45. The third-order valence-electron chi connectivity index (χ3n) is 3.51. The van der Waals surface area contributed by atoms with Crippen LogP contribution in [0.2, 0.25) is 0 Å². The lowest BCUT2D eigenvalue weighted by atomic mass is 10.0. The summed E-state index contributed by atoms with van der Waals surface area (Å²) in [5.74, 6) is -0.325. The van der Waals surface area contributed by atoms with Gasteiger partial charge in [-0.1, -0.05) is 18.7 Å². The molecule has 0 bridgehead atoms. The quantitative estimate of drug-likeness (QED) is 0.726. The predicted octanol–water partition coefficient (Wildman–Crippen LogP) is 3.53. The molecular formula is C18H14N4O. The molecule has 0 unspecified atom stereocenters. The zero-order valence-corrected chi connectivity index (χ0v) is 12.6. The van der Waals surface area contributed by atoms with Crippen LogP contribution in [0.15, 0.2) is 49.1 Å². The maximum absolute atomic E-state index is 11.5. The van der Waals surface area contributed by atoms with Gasteiger partial charge in [-0.15, -0.1) is 0 Å². The summed E-state index contributed by atoms with van der Waals surface area (Å²) in [6.07, 6.45) is 1.19. The summed E-state index contributed by atoms with van der Waals surface area (Å²) in [4.78, 5) is 11.5. The lowest BCUT2D eigenvalue weighted by molar-refractivity contribution is -0.111. The van der Waals surface area contributed by atoms with Crippen LogP contribution in [0.1, 0.15) is 11.1 Å². The molecule has 1 heterocycles. The number of anilines is 1. The molecule has 0 aliphatic carbocycles. The van der Waals surface area contributed by atoms with Crippen molar-refractivity contribution in [2.24, 2.45) is 0 Å². The molecule has 0 saturated carbocycles. The number of nitrogens with zero attached hydrogens (tertiary/aromatic N) is 2. The average molecular weight is 302 g/mol. The molecule has 2 aromatic carbocycles. The number of H-pyrrole nitrogens is 1. The van der Waals surface area contributed by atoms with E-state index < -0.39 is 0 Å². The minimum absolute atomic E-state index is 0.325. The molecule has 0 spiro atoms. The number of rotatable bonds is 3. The van der Waals surface area contributed by atoms with E-state index in [0.29, 0.717) is 11.3 Å². The van der Waals surface area contributed by atoms with E-state index in [0.717, 1.165) is 27.7 Å². The van der Waals surface area contributed by atoms with E-state index in [9.17, 15) is 10.1 Å². The Balaban J connectivity index is 2.14. The summed E-state index contributed by atoms with van der Waals surface area (Å²) in [6, 6.07) is 13.3. The molecule has 2 N–H and O–H groups in total. The summed E-state index contributed by atoms with van der Waals surface area (Å²) in [6.45, 7) is 5.44. The lowest BCUT2D eigenvalue weighted by Gasteiger charge is -2.06. The van der Waals surface area contributed by atoms with Crippen LogP contribution in [-0.2, 0) is 4.79 Å². The van der Waals surface area contributed by atoms with Crippen LogP contribution in [0.3, 0.4) is 0 Å². The number of carbonyl (C=O) groups is 1. The fourth-order valence-electron chi connectivity index (χ4n) is 2.45. The van der Waals surface area contributed by atoms with Crippen LogP contribution in [0.4, 0.5) is 5.69 Å². The van der Waals surface area contributed by atoms with Gasteiger partial charge in [0.05, 0.1) is 17.1 Å². The Labute approximate surface area is 133 Å². The number of fused-ring (bicyclic) bond motifs is 1. The lowest BCUT2D eigenvalue weighted by Crippen LogP contribution is -2.07. The summed E-state index contributed by atoms with van der Waals surface area (Å²) >= 11 is 0. The maximum atomic E-state index is 11.5. The Morgan fingerprint density at radius 1 is 1.35 bits per heavy atom. The molecule has 1 amide bonds. The first-order valence-corrected chi connectivity index (χ1v) is 7.04.